The van der Waals surface area contributed by atoms with E-state index in [4.69, 9.17) is 0 Å². The van der Waals surface area contributed by atoms with Crippen LogP contribution in [0.3, 0.4) is 0 Å². The van der Waals surface area contributed by atoms with Gasteiger partial charge in [-0.3, -0.25) is 0 Å². The normalized spacial score (nSPS) is 25.4. The van der Waals surface area contributed by atoms with Gasteiger partial charge in [-0.15, -0.1) is 0 Å². The van der Waals surface area contributed by atoms with Crippen molar-refractivity contribution in [2.75, 3.05) is 0 Å². The Morgan fingerprint density at radius 3 is 1.90 bits per heavy atom. The molecule has 0 N–H and O–H groups in total. The van der Waals surface area contributed by atoms with Crippen LogP contribution in [-0.2, 0) is 26.0 Å². The van der Waals surface area contributed by atoms with Crippen LogP contribution in [0.1, 0.15) is 31.2 Å². The molecule has 2 aliphatic heterocycles. The monoisotopic (exact) mass is 459 g/mol. The van der Waals surface area contributed by atoms with Gasteiger partial charge in [0, 0.05) is 12.1 Å². The molecular formula is C20H20F3NO4S2. The zero-order valence-corrected chi connectivity index (χ0v) is 17.4. The van der Waals surface area contributed by atoms with Gasteiger partial charge in [0.1, 0.15) is 0 Å². The third-order valence-electron chi connectivity index (χ3n) is 5.88. The van der Waals surface area contributed by atoms with Crippen LogP contribution in [0, 0.1) is 0 Å². The van der Waals surface area contributed by atoms with Gasteiger partial charge in [0.25, 0.3) is 0 Å². The van der Waals surface area contributed by atoms with Crippen molar-refractivity contribution in [3.63, 3.8) is 0 Å². The van der Waals surface area contributed by atoms with Crippen molar-refractivity contribution in [2.24, 2.45) is 0 Å². The van der Waals surface area contributed by atoms with Crippen LogP contribution in [0.2, 0.25) is 0 Å². The molecule has 2 saturated heterocycles. The van der Waals surface area contributed by atoms with Crippen molar-refractivity contribution in [1.82, 2.24) is 4.31 Å². The summed E-state index contributed by atoms with van der Waals surface area (Å²) in [5.41, 5.74) is -1.21. The maximum Gasteiger partial charge on any atom is 0.417 e. The van der Waals surface area contributed by atoms with E-state index in [0.717, 1.165) is 22.5 Å². The van der Waals surface area contributed by atoms with E-state index in [2.05, 4.69) is 0 Å². The number of benzene rings is 2. The fourth-order valence-corrected chi connectivity index (χ4v) is 8.55. The van der Waals surface area contributed by atoms with Crippen molar-refractivity contribution < 1.29 is 30.0 Å². The summed E-state index contributed by atoms with van der Waals surface area (Å²) < 4.78 is 93.8. The molecular weight excluding hydrogens is 439 g/mol. The van der Waals surface area contributed by atoms with Crippen molar-refractivity contribution in [3.8, 4) is 0 Å². The van der Waals surface area contributed by atoms with Gasteiger partial charge in [-0.1, -0.05) is 30.3 Å². The molecule has 2 bridgehead atoms. The summed E-state index contributed by atoms with van der Waals surface area (Å²) in [6, 6.07) is 10.8. The Balaban J connectivity index is 1.67. The highest BCUT2D eigenvalue weighted by molar-refractivity contribution is 7.92. The number of rotatable bonds is 4. The Bertz CT molecular complexity index is 1130. The van der Waals surface area contributed by atoms with Crippen molar-refractivity contribution in [3.05, 3.63) is 60.2 Å². The second kappa shape index (κ2) is 7.35. The second-order valence-electron chi connectivity index (χ2n) is 7.67. The third kappa shape index (κ3) is 3.54. The Morgan fingerprint density at radius 1 is 0.800 bits per heavy atom. The number of piperidine rings is 1. The van der Waals surface area contributed by atoms with E-state index in [1.54, 1.807) is 18.2 Å². The maximum atomic E-state index is 13.4. The lowest BCUT2D eigenvalue weighted by molar-refractivity contribution is -0.139. The summed E-state index contributed by atoms with van der Waals surface area (Å²) >= 11 is 0. The topological polar surface area (TPSA) is 71.5 Å². The minimum Gasteiger partial charge on any atom is -0.223 e. The first-order valence-corrected chi connectivity index (χ1v) is 12.5. The number of alkyl halides is 3. The van der Waals surface area contributed by atoms with Gasteiger partial charge in [0.2, 0.25) is 10.0 Å². The van der Waals surface area contributed by atoms with Gasteiger partial charge in [-0.05, 0) is 49.9 Å². The molecule has 5 nitrogen and oxygen atoms in total. The molecule has 2 atom stereocenters. The molecule has 2 fully saturated rings. The van der Waals surface area contributed by atoms with E-state index in [0.29, 0.717) is 12.8 Å². The summed E-state index contributed by atoms with van der Waals surface area (Å²) in [5.74, 6) is 0. The quantitative estimate of drug-likeness (QED) is 0.696. The highest BCUT2D eigenvalue weighted by atomic mass is 32.2. The first-order valence-electron chi connectivity index (χ1n) is 9.51. The van der Waals surface area contributed by atoms with E-state index in [-0.39, 0.29) is 17.7 Å². The van der Waals surface area contributed by atoms with Crippen LogP contribution in [-0.4, -0.2) is 38.5 Å². The summed E-state index contributed by atoms with van der Waals surface area (Å²) in [6.45, 7) is 0. The molecule has 4 rings (SSSR count). The second-order valence-corrected chi connectivity index (χ2v) is 11.7. The van der Waals surface area contributed by atoms with Gasteiger partial charge < -0.3 is 0 Å². The molecule has 2 aromatic rings. The lowest BCUT2D eigenvalue weighted by atomic mass is 10.1. The molecule has 2 aromatic carbocycles. The average molecular weight is 460 g/mol. The molecule has 0 aliphatic carbocycles. The van der Waals surface area contributed by atoms with Gasteiger partial charge in [0.05, 0.1) is 20.6 Å². The highest BCUT2D eigenvalue weighted by Crippen LogP contribution is 2.44. The molecule has 2 aliphatic rings. The number of nitrogens with zero attached hydrogens (tertiary/aromatic N) is 1. The number of halogens is 3. The number of sulfonamides is 1. The smallest absolute Gasteiger partial charge is 0.223 e. The van der Waals surface area contributed by atoms with Gasteiger partial charge >= 0.3 is 6.18 Å². The Morgan fingerprint density at radius 2 is 1.33 bits per heavy atom. The molecule has 0 radical (unpaired) electrons. The van der Waals surface area contributed by atoms with Crippen LogP contribution >= 0.6 is 0 Å². The summed E-state index contributed by atoms with van der Waals surface area (Å²) in [5, 5.41) is -0.762. The standard InChI is InChI=1S/C20H20F3NO4S2/c21-20(22,23)18-8-4-5-9-19(18)30(27,28)24-14-10-11-15(24)13-17(12-14)29(25,26)16-6-2-1-3-7-16/h1-9,14-15,17H,10-13H2. The van der Waals surface area contributed by atoms with Crippen molar-refractivity contribution >= 4 is 19.9 Å². The summed E-state index contributed by atoms with van der Waals surface area (Å²) in [7, 11) is -8.08. The maximum absolute atomic E-state index is 13.4. The lowest BCUT2D eigenvalue weighted by Crippen LogP contribution is -2.49. The molecule has 0 aromatic heterocycles. The van der Waals surface area contributed by atoms with Crippen LogP contribution < -0.4 is 0 Å². The SMILES string of the molecule is O=S(=O)(c1ccccc1)C1CC2CCC(C1)N2S(=O)(=O)c1ccccc1C(F)(F)F. The number of sulfone groups is 1. The van der Waals surface area contributed by atoms with E-state index in [1.165, 1.54) is 18.2 Å². The van der Waals surface area contributed by atoms with Crippen molar-refractivity contribution in [1.29, 1.82) is 0 Å². The zero-order valence-electron chi connectivity index (χ0n) is 15.8. The van der Waals surface area contributed by atoms with Gasteiger partial charge in [-0.2, -0.15) is 17.5 Å². The first-order chi connectivity index (χ1) is 14.0. The average Bonchev–Trinajstić information content (AvgIpc) is 2.99. The first kappa shape index (κ1) is 21.3. The molecule has 30 heavy (non-hydrogen) atoms. The molecule has 2 unspecified atom stereocenters. The molecule has 10 heteroatoms. The lowest BCUT2D eigenvalue weighted by Gasteiger charge is -2.38. The molecule has 162 valence electrons. The third-order valence-corrected chi connectivity index (χ3v) is 10.1. The van der Waals surface area contributed by atoms with Crippen LogP contribution in [0.5, 0.6) is 0 Å². The minimum absolute atomic E-state index is 0.0706. The molecule has 0 spiro atoms. The Labute approximate surface area is 173 Å². The minimum atomic E-state index is -4.81. The van der Waals surface area contributed by atoms with Gasteiger partial charge in [0.15, 0.2) is 9.84 Å². The zero-order chi connectivity index (χ0) is 21.7. The van der Waals surface area contributed by atoms with Crippen LogP contribution in [0.15, 0.2) is 64.4 Å². The summed E-state index contributed by atoms with van der Waals surface area (Å²) in [4.78, 5) is -0.605. The molecule has 0 saturated carbocycles. The van der Waals surface area contributed by atoms with Crippen LogP contribution in [0.25, 0.3) is 0 Å². The molecule has 2 heterocycles. The van der Waals surface area contributed by atoms with E-state index >= 15 is 0 Å². The predicted octanol–water partition coefficient (Wildman–Crippen LogP) is 3.86. The fraction of sp³-hybridized carbons (Fsp3) is 0.400. The predicted molar refractivity (Wildman–Crippen MR) is 104 cm³/mol. The van der Waals surface area contributed by atoms with E-state index in [9.17, 15) is 30.0 Å². The number of fused-ring (bicyclic) bond motifs is 2. The van der Waals surface area contributed by atoms with Crippen LogP contribution in [0.4, 0.5) is 13.2 Å². The Hall–Kier alpha value is -1.91. The number of hydrogen-bond acceptors (Lipinski definition) is 4. The molecule has 0 amide bonds. The fourth-order valence-electron chi connectivity index (χ4n) is 4.57. The summed E-state index contributed by atoms with van der Waals surface area (Å²) in [6.07, 6.45) is -3.81. The van der Waals surface area contributed by atoms with E-state index in [1.807, 2.05) is 0 Å². The highest BCUT2D eigenvalue weighted by Gasteiger charge is 2.51. The van der Waals surface area contributed by atoms with E-state index < -0.39 is 53.8 Å². The Kier molecular flexibility index (Phi) is 5.22. The van der Waals surface area contributed by atoms with Crippen molar-refractivity contribution in [2.45, 2.75) is 59.0 Å². The number of hydrogen-bond donors (Lipinski definition) is 0. The van der Waals surface area contributed by atoms with Gasteiger partial charge in [-0.25, -0.2) is 16.8 Å². The largest absolute Gasteiger partial charge is 0.417 e.